The van der Waals surface area contributed by atoms with E-state index >= 15 is 0 Å². The van der Waals surface area contributed by atoms with Crippen molar-refractivity contribution in [2.45, 2.75) is 0 Å². The Kier molecular flexibility index (Phi) is 1.42. The molecule has 0 bridgehead atoms. The summed E-state index contributed by atoms with van der Waals surface area (Å²) in [4.78, 5) is 16.3. The van der Waals surface area contributed by atoms with Gasteiger partial charge in [0.15, 0.2) is 5.52 Å². The smallest absolute Gasteiger partial charge is 0.297 e. The lowest BCUT2D eigenvalue weighted by molar-refractivity contribution is -0.383. The average Bonchev–Trinajstić information content (AvgIpc) is 2.53. The minimum Gasteiger partial charge on any atom is -0.506 e. The second kappa shape index (κ2) is 2.44. The number of nitrogens with zero attached hydrogens (tertiary/aromatic N) is 2. The van der Waals surface area contributed by atoms with Gasteiger partial charge in [0, 0.05) is 6.07 Å². The number of nitrogens with one attached hydrogen (secondary N) is 1. The zero-order valence-electron chi connectivity index (χ0n) is 6.39. The Morgan fingerprint density at radius 1 is 1.54 bits per heavy atom. The van der Waals surface area contributed by atoms with E-state index in [4.69, 9.17) is 0 Å². The molecule has 0 saturated heterocycles. The molecule has 0 spiro atoms. The Balaban J connectivity index is 2.86. The number of imidazole rings is 1. The molecule has 0 radical (unpaired) electrons. The van der Waals surface area contributed by atoms with Crippen molar-refractivity contribution in [2.24, 2.45) is 0 Å². The number of aromatic hydroxyl groups is 1. The van der Waals surface area contributed by atoms with Crippen molar-refractivity contribution < 1.29 is 10.0 Å². The van der Waals surface area contributed by atoms with E-state index in [1.165, 1.54) is 18.5 Å². The number of H-pyrrole nitrogens is 1. The van der Waals surface area contributed by atoms with Crippen LogP contribution in [-0.2, 0) is 0 Å². The van der Waals surface area contributed by atoms with Crippen LogP contribution >= 0.6 is 0 Å². The molecule has 13 heavy (non-hydrogen) atoms. The molecule has 2 rings (SSSR count). The van der Waals surface area contributed by atoms with E-state index in [2.05, 4.69) is 9.97 Å². The molecule has 0 unspecified atom stereocenters. The number of hydrogen-bond donors (Lipinski definition) is 2. The highest BCUT2D eigenvalue weighted by Gasteiger charge is 2.15. The van der Waals surface area contributed by atoms with Crippen molar-refractivity contribution in [3.8, 4) is 5.75 Å². The van der Waals surface area contributed by atoms with Crippen molar-refractivity contribution >= 4 is 16.7 Å². The van der Waals surface area contributed by atoms with Gasteiger partial charge in [-0.25, -0.2) is 4.98 Å². The highest BCUT2D eigenvalue weighted by molar-refractivity contribution is 5.88. The van der Waals surface area contributed by atoms with Gasteiger partial charge in [-0.1, -0.05) is 0 Å². The number of non-ortho nitro benzene ring substituents is 1. The number of nitro groups is 1. The number of hydrogen-bond acceptors (Lipinski definition) is 4. The normalized spacial score (nSPS) is 10.5. The van der Waals surface area contributed by atoms with Crippen LogP contribution in [0.1, 0.15) is 0 Å². The van der Waals surface area contributed by atoms with E-state index in [9.17, 15) is 15.2 Å². The Morgan fingerprint density at radius 3 is 3.00 bits per heavy atom. The first-order valence-corrected chi connectivity index (χ1v) is 3.49. The third-order valence-corrected chi connectivity index (χ3v) is 1.73. The third-order valence-electron chi connectivity index (χ3n) is 1.73. The fraction of sp³-hybridized carbons (Fsp3) is 0. The second-order valence-electron chi connectivity index (χ2n) is 2.49. The lowest BCUT2D eigenvalue weighted by Gasteiger charge is -1.94. The molecule has 0 atom stereocenters. The van der Waals surface area contributed by atoms with Gasteiger partial charge in [0.1, 0.15) is 11.3 Å². The van der Waals surface area contributed by atoms with E-state index in [1.54, 1.807) is 0 Å². The first-order chi connectivity index (χ1) is 6.20. The number of phenols is 1. The minimum absolute atomic E-state index is 0.0434. The molecule has 1 aromatic heterocycles. The summed E-state index contributed by atoms with van der Waals surface area (Å²) < 4.78 is 0. The molecule has 0 fully saturated rings. The molecule has 0 aliphatic heterocycles. The van der Waals surface area contributed by atoms with Gasteiger partial charge < -0.3 is 10.1 Å². The zero-order valence-corrected chi connectivity index (χ0v) is 6.39. The van der Waals surface area contributed by atoms with Crippen LogP contribution in [0.25, 0.3) is 11.0 Å². The van der Waals surface area contributed by atoms with E-state index in [-0.39, 0.29) is 22.5 Å². The summed E-state index contributed by atoms with van der Waals surface area (Å²) in [5, 5.41) is 19.8. The predicted molar refractivity (Wildman–Crippen MR) is 44.4 cm³/mol. The van der Waals surface area contributed by atoms with Gasteiger partial charge in [-0.3, -0.25) is 10.1 Å². The molecule has 0 aliphatic carbocycles. The van der Waals surface area contributed by atoms with Gasteiger partial charge in [0.05, 0.1) is 11.3 Å². The summed E-state index contributed by atoms with van der Waals surface area (Å²) in [5.74, 6) is -0.0434. The molecule has 2 aromatic rings. The van der Waals surface area contributed by atoms with E-state index in [0.29, 0.717) is 0 Å². The number of aromatic amines is 1. The fourth-order valence-corrected chi connectivity index (χ4v) is 1.15. The molecule has 66 valence electrons. The predicted octanol–water partition coefficient (Wildman–Crippen LogP) is 1.18. The van der Waals surface area contributed by atoms with Crippen LogP contribution in [0.2, 0.25) is 0 Å². The summed E-state index contributed by atoms with van der Waals surface area (Å²) in [6.45, 7) is 0. The summed E-state index contributed by atoms with van der Waals surface area (Å²) in [5.41, 5.74) is 0.341. The number of phenolic OH excluding ortho intramolecular Hbond substituents is 1. The lowest BCUT2D eigenvalue weighted by atomic mass is 10.2. The first-order valence-electron chi connectivity index (χ1n) is 3.49. The van der Waals surface area contributed by atoms with Crippen molar-refractivity contribution in [1.29, 1.82) is 0 Å². The van der Waals surface area contributed by atoms with Crippen molar-refractivity contribution in [3.05, 3.63) is 28.6 Å². The Morgan fingerprint density at radius 2 is 2.31 bits per heavy atom. The first kappa shape index (κ1) is 7.53. The second-order valence-corrected chi connectivity index (χ2v) is 2.49. The van der Waals surface area contributed by atoms with Gasteiger partial charge in [-0.2, -0.15) is 0 Å². The number of aromatic nitrogens is 2. The molecule has 2 N–H and O–H groups in total. The van der Waals surface area contributed by atoms with Crippen LogP contribution in [0.15, 0.2) is 18.5 Å². The summed E-state index contributed by atoms with van der Waals surface area (Å²) >= 11 is 0. The van der Waals surface area contributed by atoms with Crippen LogP contribution in [0, 0.1) is 10.1 Å². The third kappa shape index (κ3) is 0.994. The van der Waals surface area contributed by atoms with Crippen LogP contribution in [-0.4, -0.2) is 20.0 Å². The molecule has 6 heteroatoms. The molecular weight excluding hydrogens is 174 g/mol. The lowest BCUT2D eigenvalue weighted by Crippen LogP contribution is -1.88. The standard InChI is InChI=1S/C7H5N3O3/c11-5-2-1-4(10(12)13)6-7(5)9-3-8-6/h1-3,11H,(H,8,9). The molecule has 6 nitrogen and oxygen atoms in total. The zero-order chi connectivity index (χ0) is 9.42. The molecule has 1 heterocycles. The van der Waals surface area contributed by atoms with Crippen LogP contribution < -0.4 is 0 Å². The molecule has 0 aliphatic rings. The SMILES string of the molecule is O=[N+]([O-])c1ccc(O)c2[nH]cnc12. The number of benzene rings is 1. The average molecular weight is 179 g/mol. The summed E-state index contributed by atoms with van der Waals surface area (Å²) in [6, 6.07) is 2.48. The quantitative estimate of drug-likeness (QED) is 0.507. The number of rotatable bonds is 1. The Labute approximate surface area is 72.0 Å². The van der Waals surface area contributed by atoms with Crippen molar-refractivity contribution in [3.63, 3.8) is 0 Å². The minimum atomic E-state index is -0.539. The van der Waals surface area contributed by atoms with Crippen molar-refractivity contribution in [2.75, 3.05) is 0 Å². The Hall–Kier alpha value is -2.11. The monoisotopic (exact) mass is 179 g/mol. The highest BCUT2D eigenvalue weighted by Crippen LogP contribution is 2.28. The largest absolute Gasteiger partial charge is 0.506 e. The van der Waals surface area contributed by atoms with Gasteiger partial charge in [-0.15, -0.1) is 0 Å². The summed E-state index contributed by atoms with van der Waals surface area (Å²) in [7, 11) is 0. The van der Waals surface area contributed by atoms with Crippen LogP contribution in [0.4, 0.5) is 5.69 Å². The molecule has 1 aromatic carbocycles. The molecular formula is C7H5N3O3. The number of fused-ring (bicyclic) bond motifs is 1. The van der Waals surface area contributed by atoms with Crippen molar-refractivity contribution in [1.82, 2.24) is 9.97 Å². The fourth-order valence-electron chi connectivity index (χ4n) is 1.15. The van der Waals surface area contributed by atoms with Crippen LogP contribution in [0.3, 0.4) is 0 Å². The topological polar surface area (TPSA) is 92.0 Å². The Bertz CT molecular complexity index is 477. The van der Waals surface area contributed by atoms with Gasteiger partial charge >= 0.3 is 0 Å². The molecule has 0 saturated carbocycles. The van der Waals surface area contributed by atoms with Gasteiger partial charge in [-0.05, 0) is 6.07 Å². The van der Waals surface area contributed by atoms with E-state index in [0.717, 1.165) is 0 Å². The number of nitro benzene ring substituents is 1. The van der Waals surface area contributed by atoms with E-state index in [1.807, 2.05) is 0 Å². The van der Waals surface area contributed by atoms with Gasteiger partial charge in [0.2, 0.25) is 0 Å². The maximum atomic E-state index is 10.5. The maximum absolute atomic E-state index is 10.5. The maximum Gasteiger partial charge on any atom is 0.297 e. The van der Waals surface area contributed by atoms with Gasteiger partial charge in [0.25, 0.3) is 5.69 Å². The highest BCUT2D eigenvalue weighted by atomic mass is 16.6. The van der Waals surface area contributed by atoms with Crippen LogP contribution in [0.5, 0.6) is 5.75 Å². The summed E-state index contributed by atoms with van der Waals surface area (Å²) in [6.07, 6.45) is 1.30. The molecule has 0 amide bonds. The van der Waals surface area contributed by atoms with E-state index < -0.39 is 4.92 Å².